The number of carbonyl (C=O) groups excluding carboxylic acids is 1. The number of fused-ring (bicyclic) bond motifs is 1. The quantitative estimate of drug-likeness (QED) is 0.549. The molecule has 2 aromatic heterocycles. The molecule has 0 bridgehead atoms. The number of carbonyl (C=O) groups is 1. The normalized spacial score (nSPS) is 10.8. The highest BCUT2D eigenvalue weighted by Gasteiger charge is 2.11. The Bertz CT molecular complexity index is 1050. The summed E-state index contributed by atoms with van der Waals surface area (Å²) in [6, 6.07) is 17.7. The summed E-state index contributed by atoms with van der Waals surface area (Å²) in [5, 5.41) is 13.1. The third kappa shape index (κ3) is 3.32. The molecule has 0 saturated heterocycles. The topological polar surface area (TPSA) is 67.0 Å². The molecule has 4 aromatic rings. The number of anilines is 1. The van der Waals surface area contributed by atoms with Gasteiger partial charge in [0.25, 0.3) is 0 Å². The van der Waals surface area contributed by atoms with Crippen molar-refractivity contribution in [1.82, 2.24) is 10.2 Å². The number of hydrogen-bond acceptors (Lipinski definition) is 4. The summed E-state index contributed by atoms with van der Waals surface area (Å²) in [5.74, 6) is 1.17. The Labute approximate surface area is 154 Å². The zero-order chi connectivity index (χ0) is 17.9. The molecule has 0 aliphatic rings. The van der Waals surface area contributed by atoms with E-state index in [1.807, 2.05) is 48.5 Å². The molecule has 26 heavy (non-hydrogen) atoms. The Morgan fingerprint density at radius 1 is 1.19 bits per heavy atom. The largest absolute Gasteiger partial charge is 0.497 e. The van der Waals surface area contributed by atoms with Crippen molar-refractivity contribution in [3.8, 4) is 16.2 Å². The Morgan fingerprint density at radius 2 is 2.12 bits per heavy atom. The fraction of sp³-hybridized carbons (Fsp3) is 0.100. The van der Waals surface area contributed by atoms with Crippen molar-refractivity contribution in [2.75, 3.05) is 12.4 Å². The highest BCUT2D eigenvalue weighted by atomic mass is 32.1. The number of rotatable bonds is 5. The average molecular weight is 363 g/mol. The predicted octanol–water partition coefficient (Wildman–Crippen LogP) is 4.48. The summed E-state index contributed by atoms with van der Waals surface area (Å²) in [5.41, 5.74) is 2.92. The first-order chi connectivity index (χ1) is 12.7. The molecular formula is C20H17N3O2S. The van der Waals surface area contributed by atoms with Crippen molar-refractivity contribution in [1.29, 1.82) is 0 Å². The average Bonchev–Trinajstić information content (AvgIpc) is 3.32. The molecule has 0 atom stereocenters. The molecule has 130 valence electrons. The van der Waals surface area contributed by atoms with E-state index >= 15 is 0 Å². The lowest BCUT2D eigenvalue weighted by atomic mass is 10.1. The monoisotopic (exact) mass is 363 g/mol. The van der Waals surface area contributed by atoms with E-state index in [1.54, 1.807) is 18.4 Å². The second kappa shape index (κ2) is 7.01. The molecule has 0 radical (unpaired) electrons. The zero-order valence-corrected chi connectivity index (χ0v) is 15.0. The molecule has 4 rings (SSSR count). The van der Waals surface area contributed by atoms with Crippen molar-refractivity contribution in [2.24, 2.45) is 0 Å². The van der Waals surface area contributed by atoms with Gasteiger partial charge in [-0.2, -0.15) is 5.10 Å². The Hall–Kier alpha value is -3.12. The highest BCUT2D eigenvalue weighted by Crippen LogP contribution is 2.29. The Balaban J connectivity index is 1.52. The van der Waals surface area contributed by atoms with Crippen LogP contribution in [0.2, 0.25) is 0 Å². The number of methoxy groups -OCH3 is 1. The van der Waals surface area contributed by atoms with Gasteiger partial charge in [-0.3, -0.25) is 9.89 Å². The minimum absolute atomic E-state index is 0.117. The number of H-pyrrole nitrogens is 1. The molecular weight excluding hydrogens is 346 g/mol. The van der Waals surface area contributed by atoms with E-state index in [0.29, 0.717) is 5.82 Å². The minimum Gasteiger partial charge on any atom is -0.497 e. The van der Waals surface area contributed by atoms with Crippen LogP contribution in [-0.4, -0.2) is 23.2 Å². The molecule has 2 heterocycles. The standard InChI is InChI=1S/C20H17N3O2S/c1-25-15-5-2-4-13(10-15)11-19(24)21-20-16-8-7-14(12-17(16)22-23-20)18-6-3-9-26-18/h2-10,12H,11H2,1H3,(H2,21,22,23,24). The van der Waals surface area contributed by atoms with E-state index in [-0.39, 0.29) is 12.3 Å². The van der Waals surface area contributed by atoms with E-state index in [9.17, 15) is 4.79 Å². The maximum Gasteiger partial charge on any atom is 0.230 e. The number of hydrogen-bond donors (Lipinski definition) is 2. The van der Waals surface area contributed by atoms with Gasteiger partial charge < -0.3 is 10.1 Å². The SMILES string of the molecule is COc1cccc(CC(=O)Nc2n[nH]c3cc(-c4cccs4)ccc23)c1. The number of ether oxygens (including phenoxy) is 1. The van der Waals surface area contributed by atoms with Crippen molar-refractivity contribution in [3.63, 3.8) is 0 Å². The van der Waals surface area contributed by atoms with Crippen LogP contribution in [0.5, 0.6) is 5.75 Å². The van der Waals surface area contributed by atoms with E-state index in [1.165, 1.54) is 4.88 Å². The molecule has 5 nitrogen and oxygen atoms in total. The lowest BCUT2D eigenvalue weighted by molar-refractivity contribution is -0.115. The number of benzene rings is 2. The molecule has 0 saturated carbocycles. The van der Waals surface area contributed by atoms with Crippen molar-refractivity contribution < 1.29 is 9.53 Å². The van der Waals surface area contributed by atoms with Crippen LogP contribution in [0.25, 0.3) is 21.3 Å². The summed E-state index contributed by atoms with van der Waals surface area (Å²) >= 11 is 1.69. The second-order valence-electron chi connectivity index (χ2n) is 5.89. The summed E-state index contributed by atoms with van der Waals surface area (Å²) in [4.78, 5) is 13.6. The van der Waals surface area contributed by atoms with Crippen molar-refractivity contribution in [2.45, 2.75) is 6.42 Å². The highest BCUT2D eigenvalue weighted by molar-refractivity contribution is 7.13. The van der Waals surface area contributed by atoms with Crippen LogP contribution in [0.15, 0.2) is 60.0 Å². The van der Waals surface area contributed by atoms with Crippen LogP contribution in [0.1, 0.15) is 5.56 Å². The first-order valence-corrected chi connectivity index (χ1v) is 9.06. The van der Waals surface area contributed by atoms with Crippen molar-refractivity contribution in [3.05, 3.63) is 65.5 Å². The van der Waals surface area contributed by atoms with Crippen LogP contribution in [-0.2, 0) is 11.2 Å². The van der Waals surface area contributed by atoms with Gasteiger partial charge in [0.1, 0.15) is 5.75 Å². The van der Waals surface area contributed by atoms with Crippen molar-refractivity contribution >= 4 is 34.0 Å². The molecule has 2 N–H and O–H groups in total. The van der Waals surface area contributed by atoms with Crippen LogP contribution >= 0.6 is 11.3 Å². The molecule has 2 aromatic carbocycles. The maximum absolute atomic E-state index is 12.4. The minimum atomic E-state index is -0.117. The van der Waals surface area contributed by atoms with Crippen LogP contribution in [0.3, 0.4) is 0 Å². The fourth-order valence-electron chi connectivity index (χ4n) is 2.86. The lowest BCUT2D eigenvalue weighted by Gasteiger charge is -2.05. The van der Waals surface area contributed by atoms with E-state index < -0.39 is 0 Å². The van der Waals surface area contributed by atoms with E-state index in [2.05, 4.69) is 27.0 Å². The van der Waals surface area contributed by atoms with Gasteiger partial charge in [0, 0.05) is 10.3 Å². The summed E-state index contributed by atoms with van der Waals surface area (Å²) in [6.07, 6.45) is 0.263. The third-order valence-corrected chi connectivity index (χ3v) is 5.04. The second-order valence-corrected chi connectivity index (χ2v) is 6.83. The number of thiophene rings is 1. The van der Waals surface area contributed by atoms with Crippen LogP contribution in [0.4, 0.5) is 5.82 Å². The number of aromatic nitrogens is 2. The molecule has 0 aliphatic heterocycles. The van der Waals surface area contributed by atoms with Gasteiger partial charge in [0.15, 0.2) is 5.82 Å². The third-order valence-electron chi connectivity index (χ3n) is 4.13. The molecule has 0 aliphatic carbocycles. The first kappa shape index (κ1) is 16.4. The van der Waals surface area contributed by atoms with Gasteiger partial charge >= 0.3 is 0 Å². The maximum atomic E-state index is 12.4. The van der Waals surface area contributed by atoms with Gasteiger partial charge in [-0.25, -0.2) is 0 Å². The molecule has 1 amide bonds. The molecule has 6 heteroatoms. The van der Waals surface area contributed by atoms with Gasteiger partial charge in [0.2, 0.25) is 5.91 Å². The summed E-state index contributed by atoms with van der Waals surface area (Å²) in [6.45, 7) is 0. The smallest absolute Gasteiger partial charge is 0.230 e. The first-order valence-electron chi connectivity index (χ1n) is 8.18. The van der Waals surface area contributed by atoms with Gasteiger partial charge in [0.05, 0.1) is 19.0 Å². The van der Waals surface area contributed by atoms with Gasteiger partial charge in [-0.05, 0) is 46.8 Å². The summed E-state index contributed by atoms with van der Waals surface area (Å²) < 4.78 is 5.19. The van der Waals surface area contributed by atoms with Gasteiger partial charge in [-0.1, -0.05) is 24.3 Å². The molecule has 0 fully saturated rings. The number of amides is 1. The van der Waals surface area contributed by atoms with E-state index in [4.69, 9.17) is 4.74 Å². The Kier molecular flexibility index (Phi) is 4.41. The van der Waals surface area contributed by atoms with Crippen LogP contribution < -0.4 is 10.1 Å². The summed E-state index contributed by atoms with van der Waals surface area (Å²) in [7, 11) is 1.61. The molecule has 0 spiro atoms. The molecule has 0 unspecified atom stereocenters. The fourth-order valence-corrected chi connectivity index (χ4v) is 3.58. The predicted molar refractivity (Wildman–Crippen MR) is 105 cm³/mol. The lowest BCUT2D eigenvalue weighted by Crippen LogP contribution is -2.14. The zero-order valence-electron chi connectivity index (χ0n) is 14.2. The van der Waals surface area contributed by atoms with E-state index in [0.717, 1.165) is 27.8 Å². The number of nitrogens with zero attached hydrogens (tertiary/aromatic N) is 1. The van der Waals surface area contributed by atoms with Crippen LogP contribution in [0, 0.1) is 0 Å². The van der Waals surface area contributed by atoms with Gasteiger partial charge in [-0.15, -0.1) is 11.3 Å². The Morgan fingerprint density at radius 3 is 2.92 bits per heavy atom. The number of nitrogens with one attached hydrogen (secondary N) is 2. The number of aromatic amines is 1.